The highest BCUT2D eigenvalue weighted by atomic mass is 32.2. The molecule has 0 saturated heterocycles. The van der Waals surface area contributed by atoms with Gasteiger partial charge in [-0.1, -0.05) is 16.9 Å². The zero-order chi connectivity index (χ0) is 13.8. The maximum atomic E-state index is 8.62. The molecule has 4 N–H and O–H groups in total. The zero-order valence-corrected chi connectivity index (χ0v) is 11.6. The molecule has 0 radical (unpaired) electrons. The van der Waals surface area contributed by atoms with Gasteiger partial charge in [-0.05, 0) is 26.0 Å². The van der Waals surface area contributed by atoms with Gasteiger partial charge in [0.25, 0.3) is 0 Å². The summed E-state index contributed by atoms with van der Waals surface area (Å²) in [5, 5.41) is 12.2. The van der Waals surface area contributed by atoms with Crippen molar-refractivity contribution in [2.45, 2.75) is 24.3 Å². The number of aromatic nitrogens is 2. The number of nitrogens with two attached hydrogens (primary N) is 1. The molecule has 0 aliphatic carbocycles. The number of ether oxygens (including phenoxy) is 1. The van der Waals surface area contributed by atoms with Crippen LogP contribution < -0.4 is 10.5 Å². The van der Waals surface area contributed by atoms with Gasteiger partial charge < -0.3 is 20.7 Å². The smallest absolute Gasteiger partial charge is 0.167 e. The zero-order valence-electron chi connectivity index (χ0n) is 10.8. The maximum absolute atomic E-state index is 8.62. The Morgan fingerprint density at radius 3 is 3.11 bits per heavy atom. The molecule has 0 spiro atoms. The second-order valence-electron chi connectivity index (χ2n) is 3.94. The SMILES string of the molecule is CCOc1ccc2nc(SC(C)C(N)=NO)[nH]c2c1. The van der Waals surface area contributed by atoms with Crippen LogP contribution in [0.25, 0.3) is 11.0 Å². The molecule has 0 aliphatic heterocycles. The van der Waals surface area contributed by atoms with Crippen LogP contribution in [-0.2, 0) is 0 Å². The number of hydrogen-bond donors (Lipinski definition) is 3. The van der Waals surface area contributed by atoms with E-state index in [9.17, 15) is 0 Å². The summed E-state index contributed by atoms with van der Waals surface area (Å²) in [6.07, 6.45) is 0. The number of amidine groups is 1. The molecule has 1 aromatic carbocycles. The van der Waals surface area contributed by atoms with Crippen molar-refractivity contribution in [3.63, 3.8) is 0 Å². The van der Waals surface area contributed by atoms with Crippen LogP contribution in [0.15, 0.2) is 28.5 Å². The third-order valence-electron chi connectivity index (χ3n) is 2.56. The van der Waals surface area contributed by atoms with Gasteiger partial charge >= 0.3 is 0 Å². The average Bonchev–Trinajstić information content (AvgIpc) is 2.79. The highest BCUT2D eigenvalue weighted by Crippen LogP contribution is 2.25. The van der Waals surface area contributed by atoms with E-state index in [4.69, 9.17) is 15.7 Å². The van der Waals surface area contributed by atoms with Crippen molar-refractivity contribution < 1.29 is 9.94 Å². The van der Waals surface area contributed by atoms with Crippen molar-refractivity contribution in [2.75, 3.05) is 6.61 Å². The van der Waals surface area contributed by atoms with Crippen molar-refractivity contribution in [2.24, 2.45) is 10.9 Å². The molecule has 1 atom stereocenters. The number of aromatic amines is 1. The van der Waals surface area contributed by atoms with Crippen LogP contribution in [0.1, 0.15) is 13.8 Å². The molecule has 7 heteroatoms. The van der Waals surface area contributed by atoms with Gasteiger partial charge in [-0.25, -0.2) is 4.98 Å². The van der Waals surface area contributed by atoms with E-state index in [0.717, 1.165) is 21.9 Å². The standard InChI is InChI=1S/C12H16N4O2S/c1-3-18-8-4-5-9-10(6-8)15-12(14-9)19-7(2)11(13)16-17/h4-7,17H,3H2,1-2H3,(H2,13,16)(H,14,15). The number of H-pyrrole nitrogens is 1. The number of nitrogens with one attached hydrogen (secondary N) is 1. The Hall–Kier alpha value is -1.89. The molecule has 0 saturated carbocycles. The van der Waals surface area contributed by atoms with E-state index >= 15 is 0 Å². The van der Waals surface area contributed by atoms with Crippen LogP contribution in [0.3, 0.4) is 0 Å². The second-order valence-corrected chi connectivity index (χ2v) is 5.27. The molecule has 0 amide bonds. The van der Waals surface area contributed by atoms with Crippen LogP contribution in [0, 0.1) is 0 Å². The Kier molecular flexibility index (Phi) is 4.16. The molecule has 1 unspecified atom stereocenters. The number of benzene rings is 1. The van der Waals surface area contributed by atoms with E-state index in [1.165, 1.54) is 11.8 Å². The summed E-state index contributed by atoms with van der Waals surface area (Å²) < 4.78 is 5.43. The summed E-state index contributed by atoms with van der Waals surface area (Å²) in [6, 6.07) is 5.69. The Morgan fingerprint density at radius 2 is 2.42 bits per heavy atom. The molecule has 2 rings (SSSR count). The van der Waals surface area contributed by atoms with E-state index in [0.29, 0.717) is 6.61 Å². The van der Waals surface area contributed by atoms with E-state index in [2.05, 4.69) is 15.1 Å². The van der Waals surface area contributed by atoms with Crippen LogP contribution in [-0.4, -0.2) is 32.9 Å². The molecule has 1 heterocycles. The number of rotatable bonds is 5. The molecule has 102 valence electrons. The first-order chi connectivity index (χ1) is 9.13. The van der Waals surface area contributed by atoms with Gasteiger partial charge in [-0.2, -0.15) is 0 Å². The van der Waals surface area contributed by atoms with Crippen molar-refractivity contribution in [3.8, 4) is 5.75 Å². The predicted octanol–water partition coefficient (Wildman–Crippen LogP) is 2.19. The van der Waals surface area contributed by atoms with E-state index in [1.807, 2.05) is 32.0 Å². The van der Waals surface area contributed by atoms with Crippen molar-refractivity contribution in [1.82, 2.24) is 9.97 Å². The fourth-order valence-corrected chi connectivity index (χ4v) is 2.41. The Balaban J connectivity index is 2.21. The lowest BCUT2D eigenvalue weighted by atomic mass is 10.3. The minimum atomic E-state index is -0.156. The topological polar surface area (TPSA) is 96.5 Å². The first kappa shape index (κ1) is 13.5. The normalized spacial score (nSPS) is 13.7. The minimum Gasteiger partial charge on any atom is -0.494 e. The number of hydrogen-bond acceptors (Lipinski definition) is 5. The fourth-order valence-electron chi connectivity index (χ4n) is 1.59. The van der Waals surface area contributed by atoms with Gasteiger partial charge in [0.2, 0.25) is 0 Å². The number of thioether (sulfide) groups is 1. The monoisotopic (exact) mass is 280 g/mol. The highest BCUT2D eigenvalue weighted by molar-refractivity contribution is 8.00. The predicted molar refractivity (Wildman–Crippen MR) is 76.0 cm³/mol. The second kappa shape index (κ2) is 5.83. The Bertz CT molecular complexity index is 596. The van der Waals surface area contributed by atoms with Crippen molar-refractivity contribution in [3.05, 3.63) is 18.2 Å². The third-order valence-corrected chi connectivity index (χ3v) is 3.57. The third kappa shape index (κ3) is 3.11. The summed E-state index contributed by atoms with van der Waals surface area (Å²) in [5.74, 6) is 0.972. The number of oxime groups is 1. The Labute approximate surface area is 115 Å². The summed E-state index contributed by atoms with van der Waals surface area (Å²) in [5.41, 5.74) is 7.30. The summed E-state index contributed by atoms with van der Waals surface area (Å²) >= 11 is 1.40. The fraction of sp³-hybridized carbons (Fsp3) is 0.333. The van der Waals surface area contributed by atoms with E-state index < -0.39 is 0 Å². The van der Waals surface area contributed by atoms with Crippen LogP contribution in [0.4, 0.5) is 0 Å². The highest BCUT2D eigenvalue weighted by Gasteiger charge is 2.12. The molecule has 6 nitrogen and oxygen atoms in total. The van der Waals surface area contributed by atoms with Gasteiger partial charge in [-0.3, -0.25) is 0 Å². The molecule has 0 aliphatic rings. The first-order valence-corrected chi connectivity index (χ1v) is 6.78. The lowest BCUT2D eigenvalue weighted by molar-refractivity contribution is 0.317. The molecule has 0 bridgehead atoms. The molecule has 19 heavy (non-hydrogen) atoms. The van der Waals surface area contributed by atoms with E-state index in [1.54, 1.807) is 0 Å². The lowest BCUT2D eigenvalue weighted by Gasteiger charge is -2.05. The maximum Gasteiger partial charge on any atom is 0.167 e. The van der Waals surface area contributed by atoms with Gasteiger partial charge in [0.1, 0.15) is 5.75 Å². The average molecular weight is 280 g/mol. The molecular formula is C12H16N4O2S. The van der Waals surface area contributed by atoms with Gasteiger partial charge in [0, 0.05) is 6.07 Å². The van der Waals surface area contributed by atoms with Gasteiger partial charge in [0.05, 0.1) is 22.9 Å². The summed E-state index contributed by atoms with van der Waals surface area (Å²) in [6.45, 7) is 4.41. The van der Waals surface area contributed by atoms with Crippen molar-refractivity contribution in [1.29, 1.82) is 0 Å². The first-order valence-electron chi connectivity index (χ1n) is 5.90. The molecule has 2 aromatic rings. The van der Waals surface area contributed by atoms with Crippen LogP contribution in [0.5, 0.6) is 5.75 Å². The number of fused-ring (bicyclic) bond motifs is 1. The van der Waals surface area contributed by atoms with Gasteiger partial charge in [0.15, 0.2) is 11.0 Å². The largest absolute Gasteiger partial charge is 0.494 e. The minimum absolute atomic E-state index is 0.156. The number of imidazole rings is 1. The van der Waals surface area contributed by atoms with Crippen LogP contribution >= 0.6 is 11.8 Å². The molecular weight excluding hydrogens is 264 g/mol. The quantitative estimate of drug-likeness (QED) is 0.256. The summed E-state index contributed by atoms with van der Waals surface area (Å²) in [4.78, 5) is 7.61. The van der Waals surface area contributed by atoms with E-state index in [-0.39, 0.29) is 11.1 Å². The molecule has 1 aromatic heterocycles. The summed E-state index contributed by atoms with van der Waals surface area (Å²) in [7, 11) is 0. The Morgan fingerprint density at radius 1 is 1.63 bits per heavy atom. The number of nitrogens with zero attached hydrogens (tertiary/aromatic N) is 2. The van der Waals surface area contributed by atoms with Crippen molar-refractivity contribution >= 4 is 28.6 Å². The molecule has 0 fully saturated rings. The van der Waals surface area contributed by atoms with Gasteiger partial charge in [-0.15, -0.1) is 0 Å². The van der Waals surface area contributed by atoms with Crippen LogP contribution in [0.2, 0.25) is 0 Å². The lowest BCUT2D eigenvalue weighted by Crippen LogP contribution is -2.23.